The van der Waals surface area contributed by atoms with E-state index in [-0.39, 0.29) is 0 Å². The molecule has 1 N–H and O–H groups in total. The monoisotopic (exact) mass is 269 g/mol. The lowest BCUT2D eigenvalue weighted by atomic mass is 10.1. The number of pyridine rings is 1. The van der Waals surface area contributed by atoms with E-state index in [1.807, 2.05) is 31.2 Å². The first-order valence-corrected chi connectivity index (χ1v) is 6.34. The topological polar surface area (TPSA) is 55.5 Å². The number of hydrogen-bond donors (Lipinski definition) is 1. The second-order valence-electron chi connectivity index (χ2n) is 4.75. The molecule has 0 aliphatic heterocycles. The maximum atomic E-state index is 10.4. The number of nitrogens with zero attached hydrogens (tertiary/aromatic N) is 1. The van der Waals surface area contributed by atoms with Gasteiger partial charge in [-0.1, -0.05) is 11.6 Å². The van der Waals surface area contributed by atoms with E-state index in [9.17, 15) is 5.11 Å². The number of hydrogen-bond acceptors (Lipinski definition) is 4. The van der Waals surface area contributed by atoms with Gasteiger partial charge < -0.3 is 14.3 Å². The van der Waals surface area contributed by atoms with Crippen LogP contribution in [0.5, 0.6) is 5.75 Å². The number of aromatic nitrogens is 1. The molecule has 1 atom stereocenters. The lowest BCUT2D eigenvalue weighted by Gasteiger charge is -2.08. The van der Waals surface area contributed by atoms with Crippen molar-refractivity contribution in [3.8, 4) is 5.75 Å². The maximum Gasteiger partial charge on any atom is 0.138 e. The first kappa shape index (κ1) is 12.7. The summed E-state index contributed by atoms with van der Waals surface area (Å²) in [6.07, 6.45) is 2.34. The zero-order chi connectivity index (χ0) is 14.1. The fraction of sp³-hybridized carbons (Fsp3) is 0.188. The second kappa shape index (κ2) is 4.98. The first-order chi connectivity index (χ1) is 9.67. The summed E-state index contributed by atoms with van der Waals surface area (Å²) in [7, 11) is 1.57. The van der Waals surface area contributed by atoms with E-state index in [0.29, 0.717) is 17.1 Å². The summed E-state index contributed by atoms with van der Waals surface area (Å²) in [6, 6.07) is 9.52. The standard InChI is InChI=1S/C16H15NO3/c1-10-3-4-14-11(5-10)7-15(20-14)16(18)12-6-13(19-2)9-17-8-12/h3-9,16,18H,1-2H3. The van der Waals surface area contributed by atoms with E-state index < -0.39 is 6.10 Å². The fourth-order valence-corrected chi connectivity index (χ4v) is 2.18. The van der Waals surface area contributed by atoms with Crippen molar-refractivity contribution in [1.29, 1.82) is 0 Å². The van der Waals surface area contributed by atoms with Crippen LogP contribution in [0.25, 0.3) is 11.0 Å². The number of rotatable bonds is 3. The van der Waals surface area contributed by atoms with Crippen LogP contribution in [0.2, 0.25) is 0 Å². The van der Waals surface area contributed by atoms with Crippen LogP contribution in [-0.4, -0.2) is 17.2 Å². The van der Waals surface area contributed by atoms with Crippen molar-refractivity contribution < 1.29 is 14.3 Å². The first-order valence-electron chi connectivity index (χ1n) is 6.34. The molecule has 2 aromatic heterocycles. The van der Waals surface area contributed by atoms with Gasteiger partial charge >= 0.3 is 0 Å². The quantitative estimate of drug-likeness (QED) is 0.793. The third-order valence-electron chi connectivity index (χ3n) is 3.25. The number of aliphatic hydroxyl groups excluding tert-OH is 1. The molecule has 0 saturated heterocycles. The molecule has 4 heteroatoms. The Morgan fingerprint density at radius 2 is 2.05 bits per heavy atom. The van der Waals surface area contributed by atoms with Crippen LogP contribution in [0.1, 0.15) is 23.0 Å². The number of methoxy groups -OCH3 is 1. The van der Waals surface area contributed by atoms with Crippen LogP contribution in [0, 0.1) is 6.92 Å². The summed E-state index contributed by atoms with van der Waals surface area (Å²) in [6.45, 7) is 2.02. The van der Waals surface area contributed by atoms with Crippen LogP contribution in [0.3, 0.4) is 0 Å². The molecule has 2 heterocycles. The molecule has 0 radical (unpaired) electrons. The number of furan rings is 1. The molecule has 1 unspecified atom stereocenters. The van der Waals surface area contributed by atoms with Gasteiger partial charge in [-0.2, -0.15) is 0 Å². The second-order valence-corrected chi connectivity index (χ2v) is 4.75. The molecule has 0 fully saturated rings. The van der Waals surface area contributed by atoms with Crippen molar-refractivity contribution >= 4 is 11.0 Å². The lowest BCUT2D eigenvalue weighted by molar-refractivity contribution is 0.191. The highest BCUT2D eigenvalue weighted by Gasteiger charge is 2.16. The van der Waals surface area contributed by atoms with E-state index in [2.05, 4.69) is 4.98 Å². The Morgan fingerprint density at radius 3 is 2.85 bits per heavy atom. The minimum absolute atomic E-state index is 0.501. The average molecular weight is 269 g/mol. The lowest BCUT2D eigenvalue weighted by Crippen LogP contribution is -1.99. The highest BCUT2D eigenvalue weighted by Crippen LogP contribution is 2.29. The normalized spacial score (nSPS) is 12.6. The third-order valence-corrected chi connectivity index (χ3v) is 3.25. The summed E-state index contributed by atoms with van der Waals surface area (Å²) in [5, 5.41) is 11.4. The van der Waals surface area contributed by atoms with Gasteiger partial charge in [0.15, 0.2) is 0 Å². The van der Waals surface area contributed by atoms with Crippen molar-refractivity contribution in [2.45, 2.75) is 13.0 Å². The Morgan fingerprint density at radius 1 is 1.20 bits per heavy atom. The molecular weight excluding hydrogens is 254 g/mol. The van der Waals surface area contributed by atoms with Crippen LogP contribution >= 0.6 is 0 Å². The van der Waals surface area contributed by atoms with Gasteiger partial charge in [0.2, 0.25) is 0 Å². The van der Waals surface area contributed by atoms with Crippen molar-refractivity contribution in [3.05, 3.63) is 59.6 Å². The molecule has 0 amide bonds. The van der Waals surface area contributed by atoms with Crippen molar-refractivity contribution in [2.24, 2.45) is 0 Å². The Balaban J connectivity index is 2.00. The van der Waals surface area contributed by atoms with E-state index in [4.69, 9.17) is 9.15 Å². The fourth-order valence-electron chi connectivity index (χ4n) is 2.18. The number of fused-ring (bicyclic) bond motifs is 1. The number of aliphatic hydroxyl groups is 1. The molecular formula is C16H15NO3. The molecule has 4 nitrogen and oxygen atoms in total. The van der Waals surface area contributed by atoms with E-state index in [0.717, 1.165) is 16.5 Å². The maximum absolute atomic E-state index is 10.4. The van der Waals surface area contributed by atoms with Gasteiger partial charge in [0, 0.05) is 17.1 Å². The Bertz CT molecular complexity index is 748. The summed E-state index contributed by atoms with van der Waals surface area (Å²) >= 11 is 0. The Labute approximate surface area is 116 Å². The summed E-state index contributed by atoms with van der Waals surface area (Å²) in [5.41, 5.74) is 2.56. The number of ether oxygens (including phenoxy) is 1. The molecule has 102 valence electrons. The molecule has 3 rings (SSSR count). The number of aryl methyl sites for hydroxylation is 1. The van der Waals surface area contributed by atoms with Gasteiger partial charge in [0.25, 0.3) is 0 Å². The highest BCUT2D eigenvalue weighted by molar-refractivity contribution is 5.78. The van der Waals surface area contributed by atoms with Crippen LogP contribution < -0.4 is 4.74 Å². The van der Waals surface area contributed by atoms with Crippen molar-refractivity contribution in [2.75, 3.05) is 7.11 Å². The molecule has 0 aliphatic rings. The third kappa shape index (κ3) is 2.26. The van der Waals surface area contributed by atoms with Crippen LogP contribution in [0.4, 0.5) is 0 Å². The van der Waals surface area contributed by atoms with E-state index >= 15 is 0 Å². The molecule has 0 aliphatic carbocycles. The minimum Gasteiger partial charge on any atom is -0.495 e. The number of benzene rings is 1. The SMILES string of the molecule is COc1cncc(C(O)c2cc3cc(C)ccc3o2)c1. The van der Waals surface area contributed by atoms with Gasteiger partial charge in [-0.3, -0.25) is 4.98 Å². The van der Waals surface area contributed by atoms with Crippen LogP contribution in [-0.2, 0) is 0 Å². The zero-order valence-electron chi connectivity index (χ0n) is 11.3. The Kier molecular flexibility index (Phi) is 3.16. The minimum atomic E-state index is -0.856. The van der Waals surface area contributed by atoms with E-state index in [1.54, 1.807) is 25.6 Å². The molecule has 0 bridgehead atoms. The van der Waals surface area contributed by atoms with Gasteiger partial charge in [-0.25, -0.2) is 0 Å². The molecule has 0 saturated carbocycles. The smallest absolute Gasteiger partial charge is 0.138 e. The summed E-state index contributed by atoms with van der Waals surface area (Å²) < 4.78 is 10.8. The molecule has 1 aromatic carbocycles. The van der Waals surface area contributed by atoms with Gasteiger partial charge in [-0.15, -0.1) is 0 Å². The van der Waals surface area contributed by atoms with Gasteiger partial charge in [-0.05, 0) is 31.2 Å². The predicted octanol–water partition coefficient (Wildman–Crippen LogP) is 3.23. The van der Waals surface area contributed by atoms with Crippen LogP contribution in [0.15, 0.2) is 47.1 Å². The Hall–Kier alpha value is -2.33. The summed E-state index contributed by atoms with van der Waals surface area (Å²) in [5.74, 6) is 1.11. The van der Waals surface area contributed by atoms with Crippen molar-refractivity contribution in [1.82, 2.24) is 4.98 Å². The molecule has 20 heavy (non-hydrogen) atoms. The molecule has 0 spiro atoms. The van der Waals surface area contributed by atoms with E-state index in [1.165, 1.54) is 0 Å². The van der Waals surface area contributed by atoms with Gasteiger partial charge in [0.05, 0.1) is 13.3 Å². The zero-order valence-corrected chi connectivity index (χ0v) is 11.3. The average Bonchev–Trinajstić information content (AvgIpc) is 2.89. The summed E-state index contributed by atoms with van der Waals surface area (Å²) in [4.78, 5) is 4.04. The predicted molar refractivity (Wildman–Crippen MR) is 75.8 cm³/mol. The molecule has 3 aromatic rings. The van der Waals surface area contributed by atoms with Gasteiger partial charge in [0.1, 0.15) is 23.2 Å². The largest absolute Gasteiger partial charge is 0.495 e. The highest BCUT2D eigenvalue weighted by atomic mass is 16.5. The van der Waals surface area contributed by atoms with Crippen molar-refractivity contribution in [3.63, 3.8) is 0 Å².